The van der Waals surface area contributed by atoms with Gasteiger partial charge in [0.2, 0.25) is 0 Å². The molecule has 108 valence electrons. The van der Waals surface area contributed by atoms with Crippen LogP contribution in [0.1, 0.15) is 36.2 Å². The number of carbonyl (C=O) groups is 1. The molecule has 1 N–H and O–H groups in total. The van der Waals surface area contributed by atoms with Crippen LogP contribution in [-0.4, -0.2) is 16.9 Å². The minimum atomic E-state index is -0.334. The standard InChI is InChI=1S/C13H12Cl4N2O/c14-7-8(15)11(18-12(17)9(7)16)13(20)19-10(5-1-2-5)6-3-4-6/h5-6,10H,1-4H2,(H,19,20). The Morgan fingerprint density at radius 3 is 2.05 bits per heavy atom. The zero-order chi connectivity index (χ0) is 14.4. The maximum atomic E-state index is 12.3. The number of carbonyl (C=O) groups excluding carboxylic acids is 1. The highest BCUT2D eigenvalue weighted by atomic mass is 35.5. The quantitative estimate of drug-likeness (QED) is 0.803. The highest BCUT2D eigenvalue weighted by Gasteiger charge is 2.42. The van der Waals surface area contributed by atoms with Gasteiger partial charge in [-0.25, -0.2) is 4.98 Å². The molecule has 3 rings (SSSR count). The molecule has 0 aromatic carbocycles. The minimum Gasteiger partial charge on any atom is -0.347 e. The number of hydrogen-bond acceptors (Lipinski definition) is 2. The van der Waals surface area contributed by atoms with Crippen molar-refractivity contribution in [1.29, 1.82) is 0 Å². The summed E-state index contributed by atoms with van der Waals surface area (Å²) < 4.78 is 0. The van der Waals surface area contributed by atoms with Crippen molar-refractivity contribution in [2.75, 3.05) is 0 Å². The molecule has 2 saturated carbocycles. The Bertz CT molecular complexity index is 558. The molecule has 0 aliphatic heterocycles. The summed E-state index contributed by atoms with van der Waals surface area (Å²) in [6.45, 7) is 0. The average Bonchev–Trinajstić information content (AvgIpc) is 3.28. The molecule has 1 aromatic heterocycles. The fraction of sp³-hybridized carbons (Fsp3) is 0.538. The SMILES string of the molecule is O=C(NC(C1CC1)C1CC1)c1nc(Cl)c(Cl)c(Cl)c1Cl. The third kappa shape index (κ3) is 2.87. The molecule has 2 aliphatic carbocycles. The Morgan fingerprint density at radius 2 is 1.55 bits per heavy atom. The monoisotopic (exact) mass is 352 g/mol. The Balaban J connectivity index is 1.83. The molecule has 20 heavy (non-hydrogen) atoms. The summed E-state index contributed by atoms with van der Waals surface area (Å²) in [5, 5.41) is 3.19. The summed E-state index contributed by atoms with van der Waals surface area (Å²) in [6.07, 6.45) is 4.69. The Morgan fingerprint density at radius 1 is 1.00 bits per heavy atom. The van der Waals surface area contributed by atoms with E-state index in [0.29, 0.717) is 11.8 Å². The predicted octanol–water partition coefficient (Wildman–Crippen LogP) is 4.61. The number of pyridine rings is 1. The van der Waals surface area contributed by atoms with E-state index in [9.17, 15) is 4.79 Å². The molecular weight excluding hydrogens is 342 g/mol. The van der Waals surface area contributed by atoms with E-state index >= 15 is 0 Å². The molecule has 7 heteroatoms. The van der Waals surface area contributed by atoms with Crippen LogP contribution in [0.4, 0.5) is 0 Å². The van der Waals surface area contributed by atoms with Crippen LogP contribution in [-0.2, 0) is 0 Å². The van der Waals surface area contributed by atoms with Crippen LogP contribution in [0, 0.1) is 11.8 Å². The lowest BCUT2D eigenvalue weighted by molar-refractivity contribution is 0.0921. The number of amides is 1. The van der Waals surface area contributed by atoms with E-state index in [-0.39, 0.29) is 37.9 Å². The first kappa shape index (κ1) is 14.7. The van der Waals surface area contributed by atoms with E-state index in [1.54, 1.807) is 0 Å². The Hall–Kier alpha value is -0.220. The van der Waals surface area contributed by atoms with E-state index in [1.165, 1.54) is 25.7 Å². The number of halogens is 4. The van der Waals surface area contributed by atoms with Gasteiger partial charge >= 0.3 is 0 Å². The third-order valence-electron chi connectivity index (χ3n) is 3.76. The van der Waals surface area contributed by atoms with Gasteiger partial charge in [-0.1, -0.05) is 46.4 Å². The van der Waals surface area contributed by atoms with Gasteiger partial charge in [-0.15, -0.1) is 0 Å². The lowest BCUT2D eigenvalue weighted by Gasteiger charge is -2.18. The van der Waals surface area contributed by atoms with E-state index in [2.05, 4.69) is 10.3 Å². The van der Waals surface area contributed by atoms with Crippen molar-refractivity contribution < 1.29 is 4.79 Å². The molecule has 0 bridgehead atoms. The van der Waals surface area contributed by atoms with Crippen LogP contribution in [0.2, 0.25) is 20.2 Å². The molecule has 0 saturated heterocycles. The summed E-state index contributed by atoms with van der Waals surface area (Å²) in [5.74, 6) is 0.839. The van der Waals surface area contributed by atoms with Crippen LogP contribution in [0.15, 0.2) is 0 Å². The Kier molecular flexibility index (Phi) is 4.06. The minimum absolute atomic E-state index is 0.0133. The van der Waals surface area contributed by atoms with Gasteiger partial charge in [-0.05, 0) is 37.5 Å². The van der Waals surface area contributed by atoms with Crippen LogP contribution < -0.4 is 5.32 Å². The molecule has 2 aliphatic rings. The molecule has 1 amide bonds. The molecular formula is C13H12Cl4N2O. The summed E-state index contributed by atoms with van der Waals surface area (Å²) in [6, 6.07) is 0.216. The average molecular weight is 354 g/mol. The second-order valence-corrected chi connectivity index (χ2v) is 6.86. The van der Waals surface area contributed by atoms with Crippen LogP contribution in [0.25, 0.3) is 0 Å². The lowest BCUT2D eigenvalue weighted by Crippen LogP contribution is -2.38. The fourth-order valence-corrected chi connectivity index (χ4v) is 3.20. The van der Waals surface area contributed by atoms with Crippen LogP contribution in [0.3, 0.4) is 0 Å². The number of hydrogen-bond donors (Lipinski definition) is 1. The number of nitrogens with one attached hydrogen (secondary N) is 1. The van der Waals surface area contributed by atoms with Gasteiger partial charge in [0.05, 0.1) is 15.1 Å². The normalized spacial score (nSPS) is 18.4. The van der Waals surface area contributed by atoms with E-state index in [1.807, 2.05) is 0 Å². The van der Waals surface area contributed by atoms with Gasteiger partial charge in [0.25, 0.3) is 5.91 Å². The smallest absolute Gasteiger partial charge is 0.271 e. The van der Waals surface area contributed by atoms with E-state index < -0.39 is 0 Å². The molecule has 0 unspecified atom stereocenters. The number of aromatic nitrogens is 1. The highest BCUT2D eigenvalue weighted by molar-refractivity contribution is 6.52. The number of nitrogens with zero attached hydrogens (tertiary/aromatic N) is 1. The van der Waals surface area contributed by atoms with Crippen molar-refractivity contribution in [3.8, 4) is 0 Å². The zero-order valence-corrected chi connectivity index (χ0v) is 13.5. The molecule has 1 aromatic rings. The van der Waals surface area contributed by atoms with Crippen molar-refractivity contribution in [2.45, 2.75) is 31.7 Å². The van der Waals surface area contributed by atoms with Gasteiger partial charge < -0.3 is 5.32 Å². The van der Waals surface area contributed by atoms with Crippen LogP contribution in [0.5, 0.6) is 0 Å². The van der Waals surface area contributed by atoms with Crippen molar-refractivity contribution >= 4 is 52.3 Å². The summed E-state index contributed by atoms with van der Waals surface area (Å²) in [4.78, 5) is 16.3. The summed E-state index contributed by atoms with van der Waals surface area (Å²) >= 11 is 23.7. The molecule has 3 nitrogen and oxygen atoms in total. The van der Waals surface area contributed by atoms with Gasteiger partial charge in [-0.2, -0.15) is 0 Å². The highest BCUT2D eigenvalue weighted by Crippen LogP contribution is 2.45. The van der Waals surface area contributed by atoms with Gasteiger partial charge in [0.1, 0.15) is 10.8 Å². The first-order valence-corrected chi connectivity index (χ1v) is 8.01. The van der Waals surface area contributed by atoms with Crippen molar-refractivity contribution in [3.63, 3.8) is 0 Å². The van der Waals surface area contributed by atoms with Gasteiger partial charge in [-0.3, -0.25) is 4.79 Å². The first-order valence-electron chi connectivity index (χ1n) is 6.50. The van der Waals surface area contributed by atoms with Crippen molar-refractivity contribution in [1.82, 2.24) is 10.3 Å². The largest absolute Gasteiger partial charge is 0.347 e. The fourth-order valence-electron chi connectivity index (χ4n) is 2.39. The van der Waals surface area contributed by atoms with E-state index in [0.717, 1.165) is 0 Å². The molecule has 0 radical (unpaired) electrons. The maximum Gasteiger partial charge on any atom is 0.271 e. The first-order chi connectivity index (χ1) is 9.49. The molecule has 0 atom stereocenters. The predicted molar refractivity (Wildman–Crippen MR) is 81.0 cm³/mol. The second-order valence-electron chi connectivity index (χ2n) is 5.37. The summed E-state index contributed by atoms with van der Waals surface area (Å²) in [5.41, 5.74) is 0.0392. The topological polar surface area (TPSA) is 42.0 Å². The molecule has 0 spiro atoms. The van der Waals surface area contributed by atoms with Crippen LogP contribution >= 0.6 is 46.4 Å². The zero-order valence-electron chi connectivity index (χ0n) is 10.4. The van der Waals surface area contributed by atoms with Crippen molar-refractivity contribution in [2.24, 2.45) is 11.8 Å². The lowest BCUT2D eigenvalue weighted by atomic mass is 10.1. The van der Waals surface area contributed by atoms with Gasteiger partial charge in [0.15, 0.2) is 0 Å². The van der Waals surface area contributed by atoms with E-state index in [4.69, 9.17) is 46.4 Å². The van der Waals surface area contributed by atoms with Crippen molar-refractivity contribution in [3.05, 3.63) is 25.9 Å². The molecule has 2 fully saturated rings. The summed E-state index contributed by atoms with van der Waals surface area (Å²) in [7, 11) is 0. The Labute approximate surface area is 136 Å². The third-order valence-corrected chi connectivity index (χ3v) is 5.43. The van der Waals surface area contributed by atoms with Gasteiger partial charge in [0, 0.05) is 6.04 Å². The molecule has 1 heterocycles. The number of rotatable bonds is 4. The maximum absolute atomic E-state index is 12.3. The second kappa shape index (κ2) is 5.53.